The third-order valence-corrected chi connectivity index (χ3v) is 15.7. The van der Waals surface area contributed by atoms with Crippen LogP contribution in [-0.2, 0) is 57.8 Å². The van der Waals surface area contributed by atoms with Crippen molar-refractivity contribution in [1.29, 1.82) is 0 Å². The molecule has 6 unspecified atom stereocenters. The van der Waals surface area contributed by atoms with E-state index in [2.05, 4.69) is 152 Å². The SMILES string of the molecule is CCCc1ccc(C(C)C(C)c2ccc(O)c(C(C)C(C)c3ccc(CCC)c(CCC)c3CCC)c2C(C)C(C)c2ccc(CCC)c(CCC)c2CCC)c(CCC)c1CCC. The van der Waals surface area contributed by atoms with Crippen LogP contribution >= 0.6 is 0 Å². The zero-order chi connectivity index (χ0) is 47.1. The molecule has 4 rings (SSSR count). The highest BCUT2D eigenvalue weighted by Gasteiger charge is 2.34. The minimum absolute atomic E-state index is 0.132. The van der Waals surface area contributed by atoms with Gasteiger partial charge in [-0.1, -0.05) is 204 Å². The van der Waals surface area contributed by atoms with E-state index < -0.39 is 0 Å². The Hall–Kier alpha value is -3.32. The molecule has 64 heavy (non-hydrogen) atoms. The van der Waals surface area contributed by atoms with Crippen LogP contribution in [0.15, 0.2) is 48.5 Å². The van der Waals surface area contributed by atoms with Crippen molar-refractivity contribution in [2.45, 2.75) is 255 Å². The number of aryl methyl sites for hydroxylation is 3. The van der Waals surface area contributed by atoms with Crippen LogP contribution in [0.5, 0.6) is 5.75 Å². The summed E-state index contributed by atoms with van der Waals surface area (Å²) in [7, 11) is 0. The van der Waals surface area contributed by atoms with Crippen LogP contribution in [0.3, 0.4) is 0 Å². The Morgan fingerprint density at radius 2 is 0.531 bits per heavy atom. The van der Waals surface area contributed by atoms with Crippen LogP contribution in [-0.4, -0.2) is 5.11 Å². The minimum Gasteiger partial charge on any atom is -0.508 e. The van der Waals surface area contributed by atoms with Crippen molar-refractivity contribution in [1.82, 2.24) is 0 Å². The molecule has 0 aliphatic heterocycles. The summed E-state index contributed by atoms with van der Waals surface area (Å²) in [5.74, 6) is 1.96. The van der Waals surface area contributed by atoms with Gasteiger partial charge in [0.2, 0.25) is 0 Å². The van der Waals surface area contributed by atoms with Crippen molar-refractivity contribution in [3.63, 3.8) is 0 Å². The first kappa shape index (κ1) is 53.3. The summed E-state index contributed by atoms with van der Waals surface area (Å²) >= 11 is 0. The molecule has 6 atom stereocenters. The van der Waals surface area contributed by atoms with E-state index in [1.807, 2.05) is 0 Å². The van der Waals surface area contributed by atoms with Crippen LogP contribution in [0, 0.1) is 0 Å². The lowest BCUT2D eigenvalue weighted by Crippen LogP contribution is -2.20. The molecule has 0 saturated carbocycles. The summed E-state index contributed by atoms with van der Waals surface area (Å²) in [5.41, 5.74) is 23.0. The van der Waals surface area contributed by atoms with Gasteiger partial charge in [0.15, 0.2) is 0 Å². The van der Waals surface area contributed by atoms with Gasteiger partial charge in [-0.25, -0.2) is 0 Å². The molecule has 0 fully saturated rings. The molecule has 0 radical (unpaired) electrons. The van der Waals surface area contributed by atoms with E-state index in [1.54, 1.807) is 55.6 Å². The van der Waals surface area contributed by atoms with E-state index in [9.17, 15) is 5.11 Å². The molecule has 0 amide bonds. The summed E-state index contributed by atoms with van der Waals surface area (Å²) in [6.07, 6.45) is 20.8. The number of hydrogen-bond donors (Lipinski definition) is 1. The number of rotatable bonds is 27. The van der Waals surface area contributed by atoms with Gasteiger partial charge in [-0.05, 0) is 177 Å². The Morgan fingerprint density at radius 3 is 0.844 bits per heavy atom. The summed E-state index contributed by atoms with van der Waals surface area (Å²) in [6, 6.07) is 19.4. The van der Waals surface area contributed by atoms with Crippen LogP contribution in [0.4, 0.5) is 0 Å². The zero-order valence-electron chi connectivity index (χ0n) is 44.3. The summed E-state index contributed by atoms with van der Waals surface area (Å²) in [6.45, 7) is 36.0. The average molecular weight is 869 g/mol. The molecule has 0 aromatic heterocycles. The smallest absolute Gasteiger partial charge is 0.119 e. The molecule has 0 saturated heterocycles. The van der Waals surface area contributed by atoms with Gasteiger partial charge in [0.05, 0.1) is 0 Å². The fourth-order valence-corrected chi connectivity index (χ4v) is 12.0. The predicted molar refractivity (Wildman–Crippen MR) is 284 cm³/mol. The fraction of sp³-hybridized carbons (Fsp3) is 0.619. The normalized spacial score (nSPS) is 14.7. The standard InChI is InChI=1S/C63H96O/c1-16-25-48-34-37-51(58(31-22-7)55(48)28-19-4)42(10)43(11)54-40-41-61(64)63(47(15)45(13)53-39-36-50(27-18-3)57(30-21-6)60(53)33-24-9)62(54)46(14)44(12)52-38-35-49(26-17-2)56(29-20-5)59(52)32-23-8/h34-47,64H,16-33H2,1-15H3. The second-order valence-corrected chi connectivity index (χ2v) is 20.3. The first-order valence-electron chi connectivity index (χ1n) is 27.1. The lowest BCUT2D eigenvalue weighted by Gasteiger charge is -2.36. The molecule has 0 aliphatic carbocycles. The fourth-order valence-electron chi connectivity index (χ4n) is 12.0. The van der Waals surface area contributed by atoms with Gasteiger partial charge in [-0.3, -0.25) is 0 Å². The van der Waals surface area contributed by atoms with E-state index in [4.69, 9.17) is 0 Å². The average Bonchev–Trinajstić information content (AvgIpc) is 3.28. The Kier molecular flexibility index (Phi) is 21.8. The molecule has 0 spiro atoms. The first-order valence-corrected chi connectivity index (χ1v) is 27.1. The van der Waals surface area contributed by atoms with E-state index in [-0.39, 0.29) is 29.6 Å². The largest absolute Gasteiger partial charge is 0.508 e. The maximum Gasteiger partial charge on any atom is 0.119 e. The van der Waals surface area contributed by atoms with Crippen LogP contribution in [0.1, 0.15) is 281 Å². The third kappa shape index (κ3) is 12.0. The quantitative estimate of drug-likeness (QED) is 0.0633. The van der Waals surface area contributed by atoms with Gasteiger partial charge in [-0.2, -0.15) is 0 Å². The van der Waals surface area contributed by atoms with Gasteiger partial charge in [0.25, 0.3) is 0 Å². The Morgan fingerprint density at radius 1 is 0.281 bits per heavy atom. The summed E-state index contributed by atoms with van der Waals surface area (Å²) in [5, 5.41) is 12.5. The van der Waals surface area contributed by atoms with Gasteiger partial charge in [0, 0.05) is 5.56 Å². The molecule has 354 valence electrons. The molecule has 4 aromatic rings. The summed E-state index contributed by atoms with van der Waals surface area (Å²) in [4.78, 5) is 0. The highest BCUT2D eigenvalue weighted by Crippen LogP contribution is 2.50. The van der Waals surface area contributed by atoms with Gasteiger partial charge < -0.3 is 5.11 Å². The number of benzene rings is 4. The second-order valence-electron chi connectivity index (χ2n) is 20.3. The number of hydrogen-bond acceptors (Lipinski definition) is 1. The van der Waals surface area contributed by atoms with Crippen LogP contribution in [0.2, 0.25) is 0 Å². The molecule has 4 aromatic carbocycles. The van der Waals surface area contributed by atoms with Crippen molar-refractivity contribution in [2.75, 3.05) is 0 Å². The van der Waals surface area contributed by atoms with Gasteiger partial charge in [-0.15, -0.1) is 0 Å². The maximum atomic E-state index is 12.5. The van der Waals surface area contributed by atoms with E-state index >= 15 is 0 Å². The Bertz CT molecular complexity index is 2050. The molecule has 1 nitrogen and oxygen atoms in total. The number of phenolic OH excluding ortho intramolecular Hbond substituents is 1. The van der Waals surface area contributed by atoms with E-state index in [1.165, 1.54) is 66.3 Å². The van der Waals surface area contributed by atoms with Crippen molar-refractivity contribution in [3.05, 3.63) is 132 Å². The van der Waals surface area contributed by atoms with Crippen molar-refractivity contribution >= 4 is 0 Å². The molecule has 0 aliphatic rings. The van der Waals surface area contributed by atoms with Crippen molar-refractivity contribution < 1.29 is 5.11 Å². The molecule has 1 N–H and O–H groups in total. The highest BCUT2D eigenvalue weighted by atomic mass is 16.3. The number of phenols is 1. The first-order chi connectivity index (χ1) is 30.8. The molecule has 0 bridgehead atoms. The number of aromatic hydroxyl groups is 1. The molecular weight excluding hydrogens is 773 g/mol. The predicted octanol–water partition coefficient (Wildman–Crippen LogP) is 18.7. The van der Waals surface area contributed by atoms with Gasteiger partial charge >= 0.3 is 0 Å². The van der Waals surface area contributed by atoms with E-state index in [0.29, 0.717) is 11.7 Å². The monoisotopic (exact) mass is 869 g/mol. The van der Waals surface area contributed by atoms with Gasteiger partial charge in [0.1, 0.15) is 5.75 Å². The van der Waals surface area contributed by atoms with Crippen molar-refractivity contribution in [2.24, 2.45) is 0 Å². The van der Waals surface area contributed by atoms with Crippen LogP contribution in [0.25, 0.3) is 0 Å². The third-order valence-electron chi connectivity index (χ3n) is 15.7. The Labute approximate surface area is 396 Å². The topological polar surface area (TPSA) is 20.2 Å². The minimum atomic E-state index is 0.132. The molecule has 1 heteroatoms. The lowest BCUT2D eigenvalue weighted by atomic mass is 9.69. The van der Waals surface area contributed by atoms with Crippen molar-refractivity contribution in [3.8, 4) is 5.75 Å². The van der Waals surface area contributed by atoms with Crippen LogP contribution < -0.4 is 0 Å². The molecule has 0 heterocycles. The lowest BCUT2D eigenvalue weighted by molar-refractivity contribution is 0.448. The Balaban J connectivity index is 2.05. The highest BCUT2D eigenvalue weighted by molar-refractivity contribution is 5.55. The maximum absolute atomic E-state index is 12.5. The summed E-state index contributed by atoms with van der Waals surface area (Å²) < 4.78 is 0. The zero-order valence-corrected chi connectivity index (χ0v) is 44.3. The molecular formula is C63H96O. The second kappa shape index (κ2) is 26.1. The van der Waals surface area contributed by atoms with E-state index in [0.717, 1.165) is 77.0 Å².